The molecular formula is C14H19Br. The third kappa shape index (κ3) is 2.84. The molecule has 0 bridgehead atoms. The molecule has 1 aliphatic rings. The van der Waals surface area contributed by atoms with Crippen LogP contribution in [0.5, 0.6) is 0 Å². The van der Waals surface area contributed by atoms with E-state index in [0.29, 0.717) is 4.83 Å². The van der Waals surface area contributed by atoms with Crippen molar-refractivity contribution in [3.05, 3.63) is 35.4 Å². The third-order valence-electron chi connectivity index (χ3n) is 3.51. The van der Waals surface area contributed by atoms with E-state index < -0.39 is 0 Å². The maximum atomic E-state index is 3.81. The largest absolute Gasteiger partial charge is 0.0839 e. The maximum absolute atomic E-state index is 3.81. The van der Waals surface area contributed by atoms with Crippen molar-refractivity contribution in [2.75, 3.05) is 0 Å². The monoisotopic (exact) mass is 266 g/mol. The lowest BCUT2D eigenvalue weighted by atomic mass is 9.81. The summed E-state index contributed by atoms with van der Waals surface area (Å²) in [6, 6.07) is 9.06. The predicted octanol–water partition coefficient (Wildman–Crippen LogP) is 4.88. The predicted molar refractivity (Wildman–Crippen MR) is 69.4 cm³/mol. The number of aryl methyl sites for hydroxylation is 1. The molecule has 1 unspecified atom stereocenters. The summed E-state index contributed by atoms with van der Waals surface area (Å²) in [5, 5.41) is 0. The van der Waals surface area contributed by atoms with E-state index in [0.717, 1.165) is 12.3 Å². The average Bonchev–Trinajstić information content (AvgIpc) is 2.23. The van der Waals surface area contributed by atoms with E-state index >= 15 is 0 Å². The fourth-order valence-electron chi connectivity index (χ4n) is 2.12. The van der Waals surface area contributed by atoms with Crippen LogP contribution in [0, 0.1) is 5.92 Å². The standard InChI is InChI=1S/C14H19Br/c1-2-11-6-8-13(9-7-11)14(15)10-12-4-3-5-12/h6-9,12,14H,2-5,10H2,1H3. The van der Waals surface area contributed by atoms with E-state index in [-0.39, 0.29) is 0 Å². The molecule has 82 valence electrons. The zero-order chi connectivity index (χ0) is 10.7. The lowest BCUT2D eigenvalue weighted by molar-refractivity contribution is 0.295. The van der Waals surface area contributed by atoms with E-state index in [2.05, 4.69) is 47.1 Å². The lowest BCUT2D eigenvalue weighted by Gasteiger charge is -2.27. The molecule has 0 radical (unpaired) electrons. The fraction of sp³-hybridized carbons (Fsp3) is 0.571. The first kappa shape index (κ1) is 11.2. The van der Waals surface area contributed by atoms with Crippen molar-refractivity contribution in [3.8, 4) is 0 Å². The number of hydrogen-bond donors (Lipinski definition) is 0. The van der Waals surface area contributed by atoms with Gasteiger partial charge in [-0.3, -0.25) is 0 Å². The van der Waals surface area contributed by atoms with Gasteiger partial charge in [-0.25, -0.2) is 0 Å². The minimum atomic E-state index is 0.564. The first-order valence-corrected chi connectivity index (χ1v) is 6.94. The minimum absolute atomic E-state index is 0.564. The normalized spacial score (nSPS) is 18.5. The summed E-state index contributed by atoms with van der Waals surface area (Å²) < 4.78 is 0. The third-order valence-corrected chi connectivity index (χ3v) is 4.42. The molecule has 0 saturated heterocycles. The Kier molecular flexibility index (Phi) is 3.85. The molecule has 1 fully saturated rings. The summed E-state index contributed by atoms with van der Waals surface area (Å²) >= 11 is 3.81. The molecule has 1 aromatic rings. The summed E-state index contributed by atoms with van der Waals surface area (Å²) in [7, 11) is 0. The van der Waals surface area contributed by atoms with Crippen LogP contribution in [0.4, 0.5) is 0 Å². The second-order valence-corrected chi connectivity index (χ2v) is 5.70. The first-order chi connectivity index (χ1) is 7.29. The SMILES string of the molecule is CCc1ccc(C(Br)CC2CCC2)cc1. The van der Waals surface area contributed by atoms with Crippen molar-refractivity contribution in [1.82, 2.24) is 0 Å². The Balaban J connectivity index is 1.94. The summed E-state index contributed by atoms with van der Waals surface area (Å²) in [4.78, 5) is 0.564. The molecule has 1 atom stereocenters. The van der Waals surface area contributed by atoms with Gasteiger partial charge in [0.1, 0.15) is 0 Å². The van der Waals surface area contributed by atoms with Crippen LogP contribution in [0.15, 0.2) is 24.3 Å². The molecule has 0 nitrogen and oxygen atoms in total. The van der Waals surface area contributed by atoms with E-state index in [1.807, 2.05) is 0 Å². The van der Waals surface area contributed by atoms with Gasteiger partial charge in [-0.1, -0.05) is 66.4 Å². The summed E-state index contributed by atoms with van der Waals surface area (Å²) in [5.74, 6) is 0.972. The molecule has 0 spiro atoms. The smallest absolute Gasteiger partial charge is 0.0397 e. The van der Waals surface area contributed by atoms with Gasteiger partial charge in [0, 0.05) is 4.83 Å². The van der Waals surface area contributed by atoms with Gasteiger partial charge in [0.2, 0.25) is 0 Å². The van der Waals surface area contributed by atoms with Crippen LogP contribution in [0.25, 0.3) is 0 Å². The molecule has 15 heavy (non-hydrogen) atoms. The average molecular weight is 267 g/mol. The number of halogens is 1. The molecule has 1 aliphatic carbocycles. The van der Waals surface area contributed by atoms with Crippen LogP contribution >= 0.6 is 15.9 Å². The van der Waals surface area contributed by atoms with Gasteiger partial charge in [0.15, 0.2) is 0 Å². The van der Waals surface area contributed by atoms with Crippen LogP contribution < -0.4 is 0 Å². The quantitative estimate of drug-likeness (QED) is 0.682. The molecule has 0 N–H and O–H groups in total. The van der Waals surface area contributed by atoms with Crippen molar-refractivity contribution in [2.45, 2.75) is 43.9 Å². The highest BCUT2D eigenvalue weighted by Gasteiger charge is 2.21. The van der Waals surface area contributed by atoms with Gasteiger partial charge >= 0.3 is 0 Å². The van der Waals surface area contributed by atoms with Crippen molar-refractivity contribution in [1.29, 1.82) is 0 Å². The van der Waals surface area contributed by atoms with Crippen LogP contribution in [-0.2, 0) is 6.42 Å². The Labute approximate surface area is 101 Å². The van der Waals surface area contributed by atoms with Crippen molar-refractivity contribution >= 4 is 15.9 Å². The van der Waals surface area contributed by atoms with E-state index in [4.69, 9.17) is 0 Å². The Morgan fingerprint density at radius 3 is 2.40 bits per heavy atom. The van der Waals surface area contributed by atoms with E-state index in [9.17, 15) is 0 Å². The molecule has 2 rings (SSSR count). The Bertz CT molecular complexity index is 298. The fourth-order valence-corrected chi connectivity index (χ4v) is 2.95. The van der Waals surface area contributed by atoms with Crippen LogP contribution in [-0.4, -0.2) is 0 Å². The van der Waals surface area contributed by atoms with Gasteiger partial charge < -0.3 is 0 Å². The molecule has 1 heteroatoms. The Hall–Kier alpha value is -0.300. The van der Waals surface area contributed by atoms with E-state index in [1.54, 1.807) is 0 Å². The highest BCUT2D eigenvalue weighted by molar-refractivity contribution is 9.09. The molecule has 0 amide bonds. The van der Waals surface area contributed by atoms with Crippen LogP contribution in [0.3, 0.4) is 0 Å². The van der Waals surface area contributed by atoms with Gasteiger partial charge in [-0.2, -0.15) is 0 Å². The van der Waals surface area contributed by atoms with Crippen molar-refractivity contribution in [2.24, 2.45) is 5.92 Å². The van der Waals surface area contributed by atoms with Gasteiger partial charge in [0.25, 0.3) is 0 Å². The second-order valence-electron chi connectivity index (χ2n) is 4.60. The first-order valence-electron chi connectivity index (χ1n) is 6.02. The zero-order valence-corrected chi connectivity index (χ0v) is 11.0. The van der Waals surface area contributed by atoms with Crippen LogP contribution in [0.2, 0.25) is 0 Å². The topological polar surface area (TPSA) is 0 Å². The minimum Gasteiger partial charge on any atom is -0.0839 e. The maximum Gasteiger partial charge on any atom is 0.0397 e. The van der Waals surface area contributed by atoms with Gasteiger partial charge in [0.05, 0.1) is 0 Å². The molecular weight excluding hydrogens is 248 g/mol. The van der Waals surface area contributed by atoms with Crippen molar-refractivity contribution < 1.29 is 0 Å². The summed E-state index contributed by atoms with van der Waals surface area (Å²) in [6.07, 6.45) is 6.77. The molecule has 0 heterocycles. The highest BCUT2D eigenvalue weighted by atomic mass is 79.9. The highest BCUT2D eigenvalue weighted by Crippen LogP contribution is 2.38. The van der Waals surface area contributed by atoms with Crippen LogP contribution in [0.1, 0.15) is 48.6 Å². The lowest BCUT2D eigenvalue weighted by Crippen LogP contribution is -2.12. The summed E-state index contributed by atoms with van der Waals surface area (Å²) in [5.41, 5.74) is 2.88. The second kappa shape index (κ2) is 5.16. The number of alkyl halides is 1. The molecule has 0 aliphatic heterocycles. The number of hydrogen-bond acceptors (Lipinski definition) is 0. The van der Waals surface area contributed by atoms with Gasteiger partial charge in [-0.05, 0) is 29.9 Å². The van der Waals surface area contributed by atoms with E-state index in [1.165, 1.54) is 36.8 Å². The Morgan fingerprint density at radius 2 is 1.93 bits per heavy atom. The number of rotatable bonds is 4. The van der Waals surface area contributed by atoms with Crippen molar-refractivity contribution in [3.63, 3.8) is 0 Å². The Morgan fingerprint density at radius 1 is 1.27 bits per heavy atom. The molecule has 1 saturated carbocycles. The zero-order valence-electron chi connectivity index (χ0n) is 9.38. The van der Waals surface area contributed by atoms with Gasteiger partial charge in [-0.15, -0.1) is 0 Å². The molecule has 1 aromatic carbocycles. The summed E-state index contributed by atoms with van der Waals surface area (Å²) in [6.45, 7) is 2.20. The number of benzene rings is 1. The molecule has 0 aromatic heterocycles.